The zero-order valence-electron chi connectivity index (χ0n) is 13.8. The SMILES string of the molecule is C=CCSC1([N+](=O)[O-])C(CC)C(=O)N1C(Cc1ccccc1)C(=O)O. The van der Waals surface area contributed by atoms with Crippen molar-refractivity contribution in [3.63, 3.8) is 0 Å². The monoisotopic (exact) mass is 364 g/mol. The standard InChI is InChI=1S/C17H20N2O5S/c1-3-10-25-17(19(23)24)13(4-2)15(20)18(17)14(16(21)22)11-12-8-6-5-7-9-12/h3,5-9,13-14H,1,4,10-11H2,2H3,(H,21,22). The molecule has 7 nitrogen and oxygen atoms in total. The molecular formula is C17H20N2O5S. The number of hydrogen-bond acceptors (Lipinski definition) is 5. The van der Waals surface area contributed by atoms with Crippen LogP contribution < -0.4 is 0 Å². The van der Waals surface area contributed by atoms with E-state index < -0.39 is 33.8 Å². The molecule has 0 radical (unpaired) electrons. The maximum absolute atomic E-state index is 12.5. The van der Waals surface area contributed by atoms with E-state index in [9.17, 15) is 24.8 Å². The fourth-order valence-corrected chi connectivity index (χ4v) is 4.45. The zero-order valence-corrected chi connectivity index (χ0v) is 14.6. The van der Waals surface area contributed by atoms with Gasteiger partial charge in [-0.1, -0.05) is 55.1 Å². The van der Waals surface area contributed by atoms with Crippen molar-refractivity contribution in [1.29, 1.82) is 0 Å². The first-order chi connectivity index (χ1) is 11.9. The molecule has 3 atom stereocenters. The van der Waals surface area contributed by atoms with Gasteiger partial charge in [-0.3, -0.25) is 19.8 Å². The molecular weight excluding hydrogens is 344 g/mol. The van der Waals surface area contributed by atoms with Crippen LogP contribution in [0.15, 0.2) is 43.0 Å². The van der Waals surface area contributed by atoms with Crippen molar-refractivity contribution in [2.75, 3.05) is 5.75 Å². The molecule has 25 heavy (non-hydrogen) atoms. The van der Waals surface area contributed by atoms with E-state index in [4.69, 9.17) is 0 Å². The lowest BCUT2D eigenvalue weighted by Gasteiger charge is -2.51. The highest BCUT2D eigenvalue weighted by Gasteiger charge is 2.72. The number of amides is 1. The number of carbonyl (C=O) groups is 2. The van der Waals surface area contributed by atoms with Gasteiger partial charge in [0.15, 0.2) is 0 Å². The maximum atomic E-state index is 12.5. The number of aliphatic carboxylic acids is 1. The van der Waals surface area contributed by atoms with E-state index >= 15 is 0 Å². The number of hydrogen-bond donors (Lipinski definition) is 1. The van der Waals surface area contributed by atoms with Crippen LogP contribution in [0, 0.1) is 16.0 Å². The molecule has 1 N–H and O–H groups in total. The highest BCUT2D eigenvalue weighted by molar-refractivity contribution is 8.00. The quantitative estimate of drug-likeness (QED) is 0.237. The largest absolute Gasteiger partial charge is 0.480 e. The van der Waals surface area contributed by atoms with Gasteiger partial charge in [0.25, 0.3) is 0 Å². The van der Waals surface area contributed by atoms with Crippen molar-refractivity contribution < 1.29 is 19.6 Å². The van der Waals surface area contributed by atoms with Gasteiger partial charge in [0.05, 0.1) is 4.92 Å². The summed E-state index contributed by atoms with van der Waals surface area (Å²) in [6.45, 7) is 5.25. The number of thioether (sulfide) groups is 1. The van der Waals surface area contributed by atoms with Crippen molar-refractivity contribution >= 4 is 23.6 Å². The Labute approximate surface area is 149 Å². The summed E-state index contributed by atoms with van der Waals surface area (Å²) in [6.07, 6.45) is 1.80. The van der Waals surface area contributed by atoms with E-state index in [1.165, 1.54) is 6.08 Å². The predicted octanol–water partition coefficient (Wildman–Crippen LogP) is 2.40. The van der Waals surface area contributed by atoms with E-state index in [-0.39, 0.29) is 18.6 Å². The third kappa shape index (κ3) is 3.26. The van der Waals surface area contributed by atoms with Crippen LogP contribution in [-0.2, 0) is 16.0 Å². The number of carbonyl (C=O) groups excluding carboxylic acids is 1. The summed E-state index contributed by atoms with van der Waals surface area (Å²) in [5, 5.41) is 21.5. The van der Waals surface area contributed by atoms with Crippen LogP contribution in [0.4, 0.5) is 0 Å². The molecule has 1 saturated heterocycles. The lowest BCUT2D eigenvalue weighted by atomic mass is 9.87. The summed E-state index contributed by atoms with van der Waals surface area (Å²) in [5.74, 6) is -2.33. The van der Waals surface area contributed by atoms with E-state index in [2.05, 4.69) is 6.58 Å². The molecule has 0 aromatic heterocycles. The van der Waals surface area contributed by atoms with Gasteiger partial charge in [-0.25, -0.2) is 4.79 Å². The summed E-state index contributed by atoms with van der Waals surface area (Å²) in [6, 6.07) is 7.50. The number of β-lactam (4-membered cyclic amide) rings is 1. The highest BCUT2D eigenvalue weighted by atomic mass is 32.2. The first kappa shape index (κ1) is 19.0. The van der Waals surface area contributed by atoms with Gasteiger partial charge >= 0.3 is 11.0 Å². The second-order valence-corrected chi connectivity index (χ2v) is 6.95. The molecule has 1 aromatic carbocycles. The minimum atomic E-state index is -1.77. The van der Waals surface area contributed by atoms with Gasteiger partial charge < -0.3 is 5.11 Å². The zero-order chi connectivity index (χ0) is 18.6. The van der Waals surface area contributed by atoms with Crippen LogP contribution >= 0.6 is 11.8 Å². The first-order valence-corrected chi connectivity index (χ1v) is 8.87. The van der Waals surface area contributed by atoms with Crippen molar-refractivity contribution in [3.8, 4) is 0 Å². The summed E-state index contributed by atoms with van der Waals surface area (Å²) in [7, 11) is 0. The smallest absolute Gasteiger partial charge is 0.358 e. The molecule has 1 fully saturated rings. The summed E-state index contributed by atoms with van der Waals surface area (Å²) in [5.41, 5.74) is 0.702. The molecule has 3 unspecified atom stereocenters. The number of likely N-dealkylation sites (tertiary alicyclic amines) is 1. The molecule has 0 aliphatic carbocycles. The molecule has 0 spiro atoms. The average molecular weight is 364 g/mol. The third-order valence-electron chi connectivity index (χ3n) is 4.29. The van der Waals surface area contributed by atoms with Gasteiger partial charge in [0.1, 0.15) is 12.0 Å². The van der Waals surface area contributed by atoms with Gasteiger partial charge in [-0.05, 0) is 12.0 Å². The highest BCUT2D eigenvalue weighted by Crippen LogP contribution is 2.50. The molecule has 1 heterocycles. The Balaban J connectivity index is 2.42. The average Bonchev–Trinajstić information content (AvgIpc) is 2.58. The van der Waals surface area contributed by atoms with Crippen molar-refractivity contribution in [2.24, 2.45) is 5.92 Å². The topological polar surface area (TPSA) is 101 Å². The number of carboxylic acids is 1. The van der Waals surface area contributed by atoms with Crippen LogP contribution in [-0.4, -0.2) is 43.6 Å². The van der Waals surface area contributed by atoms with Crippen LogP contribution in [0.25, 0.3) is 0 Å². The first-order valence-electron chi connectivity index (χ1n) is 7.89. The predicted molar refractivity (Wildman–Crippen MR) is 94.6 cm³/mol. The van der Waals surface area contributed by atoms with Crippen LogP contribution in [0.3, 0.4) is 0 Å². The van der Waals surface area contributed by atoms with Gasteiger partial charge in [-0.2, -0.15) is 0 Å². The lowest BCUT2D eigenvalue weighted by Crippen LogP contribution is -2.76. The molecule has 1 aliphatic rings. The van der Waals surface area contributed by atoms with Crippen LogP contribution in [0.5, 0.6) is 0 Å². The second kappa shape index (κ2) is 7.69. The van der Waals surface area contributed by atoms with Crippen molar-refractivity contribution in [2.45, 2.75) is 30.8 Å². The fourth-order valence-electron chi connectivity index (χ4n) is 3.15. The third-order valence-corrected chi connectivity index (χ3v) is 5.74. The van der Waals surface area contributed by atoms with Gasteiger partial charge in [0, 0.05) is 12.2 Å². The lowest BCUT2D eigenvalue weighted by molar-refractivity contribution is -0.586. The Morgan fingerprint density at radius 1 is 1.52 bits per heavy atom. The molecule has 1 amide bonds. The number of carboxylic acid groups (broad SMARTS) is 1. The number of rotatable bonds is 9. The minimum Gasteiger partial charge on any atom is -0.480 e. The Bertz CT molecular complexity index is 681. The van der Waals surface area contributed by atoms with E-state index in [1.807, 2.05) is 0 Å². The van der Waals surface area contributed by atoms with E-state index in [0.29, 0.717) is 5.56 Å². The summed E-state index contributed by atoms with van der Waals surface area (Å²) in [4.78, 5) is 34.9. The normalized spacial score (nSPS) is 23.6. The second-order valence-electron chi connectivity index (χ2n) is 5.73. The minimum absolute atomic E-state index is 0.0165. The number of benzene rings is 1. The molecule has 0 saturated carbocycles. The summed E-state index contributed by atoms with van der Waals surface area (Å²) < 4.78 is 0. The van der Waals surface area contributed by atoms with Gasteiger partial charge in [0.2, 0.25) is 5.91 Å². The van der Waals surface area contributed by atoms with Gasteiger partial charge in [-0.15, -0.1) is 6.58 Å². The Hall–Kier alpha value is -2.35. The number of nitrogens with zero attached hydrogens (tertiary/aromatic N) is 2. The molecule has 1 aliphatic heterocycles. The molecule has 0 bridgehead atoms. The van der Waals surface area contributed by atoms with Crippen LogP contribution in [0.1, 0.15) is 18.9 Å². The Kier molecular flexibility index (Phi) is 5.84. The number of nitro groups is 1. The Morgan fingerprint density at radius 3 is 2.64 bits per heavy atom. The van der Waals surface area contributed by atoms with Crippen LogP contribution in [0.2, 0.25) is 0 Å². The van der Waals surface area contributed by atoms with E-state index in [1.54, 1.807) is 37.3 Å². The maximum Gasteiger partial charge on any atom is 0.358 e. The fraction of sp³-hybridized carbons (Fsp3) is 0.412. The Morgan fingerprint density at radius 2 is 2.16 bits per heavy atom. The summed E-state index contributed by atoms with van der Waals surface area (Å²) >= 11 is 0.944. The molecule has 1 aromatic rings. The van der Waals surface area contributed by atoms with Crippen molar-refractivity contribution in [1.82, 2.24) is 4.90 Å². The molecule has 134 valence electrons. The molecule has 8 heteroatoms. The van der Waals surface area contributed by atoms with Crippen molar-refractivity contribution in [3.05, 3.63) is 58.7 Å². The van der Waals surface area contributed by atoms with E-state index in [0.717, 1.165) is 16.7 Å². The molecule has 2 rings (SSSR count).